The Morgan fingerprint density at radius 3 is 2.52 bits per heavy atom. The third-order valence-electron chi connectivity index (χ3n) is 4.62. The summed E-state index contributed by atoms with van der Waals surface area (Å²) < 4.78 is 54.6. The first-order chi connectivity index (χ1) is 15.7. The maximum Gasteiger partial charge on any atom is 0.418 e. The highest BCUT2D eigenvalue weighted by atomic mass is 32.1. The van der Waals surface area contributed by atoms with Crippen LogP contribution in [0.5, 0.6) is 0 Å². The van der Waals surface area contributed by atoms with Gasteiger partial charge in [-0.1, -0.05) is 24.3 Å². The number of aromatic nitrogens is 3. The predicted octanol–water partition coefficient (Wildman–Crippen LogP) is 3.91. The monoisotopic (exact) mass is 477 g/mol. The van der Waals surface area contributed by atoms with Crippen LogP contribution in [-0.2, 0) is 22.2 Å². The van der Waals surface area contributed by atoms with Gasteiger partial charge < -0.3 is 10.6 Å². The van der Waals surface area contributed by atoms with Gasteiger partial charge in [0.05, 0.1) is 22.5 Å². The molecule has 0 bridgehead atoms. The van der Waals surface area contributed by atoms with Gasteiger partial charge in [0.2, 0.25) is 4.96 Å². The Balaban J connectivity index is 1.38. The van der Waals surface area contributed by atoms with E-state index in [1.54, 1.807) is 23.6 Å². The minimum absolute atomic E-state index is 0.0217. The van der Waals surface area contributed by atoms with Crippen LogP contribution in [0.4, 0.5) is 23.2 Å². The van der Waals surface area contributed by atoms with Crippen LogP contribution in [0.15, 0.2) is 53.9 Å². The fourth-order valence-corrected chi connectivity index (χ4v) is 3.91. The number of carbonyl (C=O) groups excluding carboxylic acids is 2. The molecule has 0 aliphatic rings. The molecule has 0 saturated heterocycles. The summed E-state index contributed by atoms with van der Waals surface area (Å²) in [7, 11) is 0. The van der Waals surface area contributed by atoms with Crippen molar-refractivity contribution in [3.63, 3.8) is 0 Å². The number of hydrogen-bond acceptors (Lipinski definition) is 5. The molecule has 170 valence electrons. The first kappa shape index (κ1) is 22.4. The number of benzene rings is 2. The van der Waals surface area contributed by atoms with Crippen molar-refractivity contribution in [2.75, 3.05) is 11.9 Å². The van der Waals surface area contributed by atoms with E-state index in [2.05, 4.69) is 15.4 Å². The van der Waals surface area contributed by atoms with E-state index in [0.717, 1.165) is 12.1 Å². The second kappa shape index (κ2) is 8.98. The Hall–Kier alpha value is -3.80. The number of anilines is 1. The highest BCUT2D eigenvalue weighted by Crippen LogP contribution is 2.34. The van der Waals surface area contributed by atoms with E-state index in [1.807, 2.05) is 5.32 Å². The second-order valence-corrected chi connectivity index (χ2v) is 7.68. The predicted molar refractivity (Wildman–Crippen MR) is 113 cm³/mol. The molecule has 33 heavy (non-hydrogen) atoms. The number of rotatable bonds is 5. The summed E-state index contributed by atoms with van der Waals surface area (Å²) in [4.78, 5) is 28.9. The highest BCUT2D eigenvalue weighted by molar-refractivity contribution is 7.15. The number of para-hydroxylation sites is 1. The van der Waals surface area contributed by atoms with E-state index in [1.165, 1.54) is 34.1 Å². The van der Waals surface area contributed by atoms with Gasteiger partial charge >= 0.3 is 18.0 Å². The van der Waals surface area contributed by atoms with Crippen LogP contribution in [-0.4, -0.2) is 33.0 Å². The van der Waals surface area contributed by atoms with Gasteiger partial charge in [-0.2, -0.15) is 18.2 Å². The summed E-state index contributed by atoms with van der Waals surface area (Å²) in [5.41, 5.74) is -0.645. The van der Waals surface area contributed by atoms with Crippen LogP contribution in [0, 0.1) is 5.82 Å². The molecule has 0 aliphatic heterocycles. The Bertz CT molecular complexity index is 1330. The Labute approximate surface area is 188 Å². The lowest BCUT2D eigenvalue weighted by Crippen LogP contribution is -2.37. The van der Waals surface area contributed by atoms with Crippen molar-refractivity contribution < 1.29 is 27.2 Å². The number of fused-ring (bicyclic) bond motifs is 1. The number of thiazole rings is 1. The van der Waals surface area contributed by atoms with Crippen LogP contribution in [0.3, 0.4) is 0 Å². The molecule has 0 saturated carbocycles. The quantitative estimate of drug-likeness (QED) is 0.337. The summed E-state index contributed by atoms with van der Waals surface area (Å²) in [6.07, 6.45) is -4.41. The van der Waals surface area contributed by atoms with Crippen LogP contribution < -0.4 is 10.6 Å². The summed E-state index contributed by atoms with van der Waals surface area (Å²) in [6, 6.07) is 10.5. The van der Waals surface area contributed by atoms with Crippen LogP contribution in [0.25, 0.3) is 16.3 Å². The van der Waals surface area contributed by atoms with Crippen molar-refractivity contribution >= 4 is 33.8 Å². The molecule has 7 nitrogen and oxygen atoms in total. The maximum atomic E-state index is 14.0. The average Bonchev–Trinajstić information content (AvgIpc) is 3.35. The van der Waals surface area contributed by atoms with Gasteiger partial charge in [0.1, 0.15) is 5.82 Å². The average molecular weight is 477 g/mol. The fourth-order valence-electron chi connectivity index (χ4n) is 3.06. The zero-order valence-electron chi connectivity index (χ0n) is 16.7. The number of nitrogens with one attached hydrogen (secondary N) is 2. The Morgan fingerprint density at radius 1 is 1.03 bits per heavy atom. The molecule has 0 unspecified atom stereocenters. The van der Waals surface area contributed by atoms with Gasteiger partial charge in [-0.25, -0.2) is 8.91 Å². The third kappa shape index (κ3) is 4.85. The van der Waals surface area contributed by atoms with Gasteiger partial charge in [0, 0.05) is 18.3 Å². The van der Waals surface area contributed by atoms with E-state index in [-0.39, 0.29) is 24.4 Å². The summed E-state index contributed by atoms with van der Waals surface area (Å²) in [5.74, 6) is -2.54. The highest BCUT2D eigenvalue weighted by Gasteiger charge is 2.34. The summed E-state index contributed by atoms with van der Waals surface area (Å²) in [5, 5.41) is 10.4. The van der Waals surface area contributed by atoms with Crippen molar-refractivity contribution in [3.05, 3.63) is 71.0 Å². The molecule has 2 heterocycles. The summed E-state index contributed by atoms with van der Waals surface area (Å²) in [6.45, 7) is 0.0217. The normalized spacial score (nSPS) is 11.5. The molecular weight excluding hydrogens is 462 g/mol. The number of amides is 2. The largest absolute Gasteiger partial charge is 0.418 e. The van der Waals surface area contributed by atoms with E-state index in [9.17, 15) is 27.2 Å². The van der Waals surface area contributed by atoms with Crippen molar-refractivity contribution in [2.24, 2.45) is 0 Å². The van der Waals surface area contributed by atoms with Crippen LogP contribution >= 0.6 is 11.3 Å². The third-order valence-corrected chi connectivity index (χ3v) is 5.48. The Morgan fingerprint density at radius 2 is 1.76 bits per heavy atom. The minimum atomic E-state index is -4.68. The van der Waals surface area contributed by atoms with Gasteiger partial charge in [-0.15, -0.1) is 16.4 Å². The van der Waals surface area contributed by atoms with Crippen molar-refractivity contribution in [1.82, 2.24) is 19.9 Å². The molecule has 2 aromatic heterocycles. The van der Waals surface area contributed by atoms with E-state index >= 15 is 0 Å². The van der Waals surface area contributed by atoms with Gasteiger partial charge in [-0.05, 0) is 24.3 Å². The van der Waals surface area contributed by atoms with Gasteiger partial charge in [-0.3, -0.25) is 9.59 Å². The van der Waals surface area contributed by atoms with E-state index < -0.39 is 35.1 Å². The lowest BCUT2D eigenvalue weighted by molar-refractivity contribution is -0.138. The smallest absolute Gasteiger partial charge is 0.347 e. The molecule has 2 amide bonds. The molecule has 2 aromatic carbocycles. The first-order valence-electron chi connectivity index (χ1n) is 9.57. The molecule has 12 heteroatoms. The maximum absolute atomic E-state index is 14.0. The second-order valence-electron chi connectivity index (χ2n) is 6.84. The molecule has 0 atom stereocenters. The van der Waals surface area contributed by atoms with E-state index in [4.69, 9.17) is 0 Å². The molecular formula is C21H15F4N5O2S. The number of halogens is 4. The standard InChI is InChI=1S/C21H15F4N5O2S/c22-15-7-3-1-5-13(15)17-28-20-30(29-17)12(11-33-20)9-10-26-18(31)19(32)27-16-8-4-2-6-14(16)21(23,24)25/h1-8,11H,9-10H2,(H,26,31)(H,27,32). The van der Waals surface area contributed by atoms with Crippen LogP contribution in [0.2, 0.25) is 0 Å². The van der Waals surface area contributed by atoms with Crippen molar-refractivity contribution in [2.45, 2.75) is 12.6 Å². The topological polar surface area (TPSA) is 88.4 Å². The lowest BCUT2D eigenvalue weighted by atomic mass is 10.1. The number of carbonyl (C=O) groups is 2. The summed E-state index contributed by atoms with van der Waals surface area (Å²) >= 11 is 1.27. The van der Waals surface area contributed by atoms with Crippen LogP contribution in [0.1, 0.15) is 11.3 Å². The lowest BCUT2D eigenvalue weighted by Gasteiger charge is -2.13. The molecule has 2 N–H and O–H groups in total. The number of nitrogens with zero attached hydrogens (tertiary/aromatic N) is 3. The van der Waals surface area contributed by atoms with Gasteiger partial charge in [0.15, 0.2) is 5.82 Å². The Kier molecular flexibility index (Phi) is 6.09. The number of alkyl halides is 3. The minimum Gasteiger partial charge on any atom is -0.347 e. The zero-order valence-corrected chi connectivity index (χ0v) is 17.5. The van der Waals surface area contributed by atoms with Gasteiger partial charge in [0.25, 0.3) is 0 Å². The zero-order chi connectivity index (χ0) is 23.6. The molecule has 4 rings (SSSR count). The van der Waals surface area contributed by atoms with Crippen molar-refractivity contribution in [1.29, 1.82) is 0 Å². The SMILES string of the molecule is O=C(NCCc1csc2nc(-c3ccccc3F)nn12)C(=O)Nc1ccccc1C(F)(F)F. The van der Waals surface area contributed by atoms with E-state index in [0.29, 0.717) is 10.7 Å². The van der Waals surface area contributed by atoms with Crippen molar-refractivity contribution in [3.8, 4) is 11.4 Å². The molecule has 4 aromatic rings. The molecule has 0 fully saturated rings. The number of hydrogen-bond donors (Lipinski definition) is 2. The first-order valence-corrected chi connectivity index (χ1v) is 10.5. The molecule has 0 spiro atoms. The molecule has 0 aliphatic carbocycles. The molecule has 0 radical (unpaired) electrons. The fraction of sp³-hybridized carbons (Fsp3) is 0.143.